The third-order valence-corrected chi connectivity index (χ3v) is 3.04. The number of nitrogens with zero attached hydrogens (tertiary/aromatic N) is 5. The summed E-state index contributed by atoms with van der Waals surface area (Å²) in [5.74, 6) is 1.58. The van der Waals surface area contributed by atoms with Crippen molar-refractivity contribution in [1.29, 1.82) is 0 Å². The van der Waals surface area contributed by atoms with Gasteiger partial charge in [-0.25, -0.2) is 0 Å². The van der Waals surface area contributed by atoms with E-state index in [1.54, 1.807) is 24.1 Å². The van der Waals surface area contributed by atoms with E-state index in [1.807, 2.05) is 43.5 Å². The molecule has 1 N–H and O–H groups in total. The Balaban J connectivity index is 0.00000264. The minimum atomic E-state index is 0. The van der Waals surface area contributed by atoms with E-state index in [0.717, 1.165) is 23.8 Å². The van der Waals surface area contributed by atoms with Crippen LogP contribution in [0.2, 0.25) is 0 Å². The Morgan fingerprint density at radius 3 is 2.87 bits per heavy atom. The van der Waals surface area contributed by atoms with Crippen LogP contribution < -0.4 is 10.1 Å². The molecule has 2 rings (SSSR count). The molecule has 0 amide bonds. The lowest BCUT2D eigenvalue weighted by atomic mass is 10.3. The van der Waals surface area contributed by atoms with E-state index in [4.69, 9.17) is 4.74 Å². The molecule has 0 atom stereocenters. The molecule has 23 heavy (non-hydrogen) atoms. The fourth-order valence-corrected chi connectivity index (χ4v) is 2.05. The lowest BCUT2D eigenvalue weighted by Crippen LogP contribution is -2.40. The molecule has 2 heterocycles. The van der Waals surface area contributed by atoms with Crippen LogP contribution in [-0.4, -0.2) is 52.9 Å². The second-order valence-corrected chi connectivity index (χ2v) is 4.89. The van der Waals surface area contributed by atoms with Gasteiger partial charge in [0.2, 0.25) is 0 Å². The summed E-state index contributed by atoms with van der Waals surface area (Å²) in [6.07, 6.45) is 7.27. The molecule has 8 heteroatoms. The van der Waals surface area contributed by atoms with Crippen molar-refractivity contribution in [2.24, 2.45) is 12.0 Å². The fraction of sp³-hybridized carbons (Fsp3) is 0.400. The summed E-state index contributed by atoms with van der Waals surface area (Å²) >= 11 is 0. The largest absolute Gasteiger partial charge is 0.490 e. The predicted molar refractivity (Wildman–Crippen MR) is 101 cm³/mol. The minimum Gasteiger partial charge on any atom is -0.490 e. The average molecular weight is 430 g/mol. The van der Waals surface area contributed by atoms with Gasteiger partial charge in [-0.3, -0.25) is 14.7 Å². The second kappa shape index (κ2) is 10.0. The lowest BCUT2D eigenvalue weighted by Gasteiger charge is -2.21. The molecule has 0 saturated heterocycles. The van der Waals surface area contributed by atoms with Gasteiger partial charge in [0.05, 0.1) is 18.9 Å². The van der Waals surface area contributed by atoms with Gasteiger partial charge in [0.1, 0.15) is 12.4 Å². The van der Waals surface area contributed by atoms with Crippen molar-refractivity contribution in [3.63, 3.8) is 0 Å². The summed E-state index contributed by atoms with van der Waals surface area (Å²) in [6, 6.07) is 3.74. The topological polar surface area (TPSA) is 67.6 Å². The number of pyridine rings is 1. The standard InChI is InChI=1S/C15H22N6O.HI/c1-16-15(20(2)11-13-9-19-21(3)12-13)18-7-8-22-14-5-4-6-17-10-14;/h4-6,9-10,12H,7-8,11H2,1-3H3,(H,16,18);1H. The molecule has 0 fully saturated rings. The Morgan fingerprint density at radius 2 is 2.26 bits per heavy atom. The molecular weight excluding hydrogens is 407 g/mol. The van der Waals surface area contributed by atoms with Crippen LogP contribution in [0.25, 0.3) is 0 Å². The van der Waals surface area contributed by atoms with Gasteiger partial charge < -0.3 is 15.0 Å². The summed E-state index contributed by atoms with van der Waals surface area (Å²) < 4.78 is 7.38. The molecule has 0 aliphatic carbocycles. The quantitative estimate of drug-likeness (QED) is 0.326. The van der Waals surface area contributed by atoms with Crippen molar-refractivity contribution in [2.75, 3.05) is 27.2 Å². The number of aromatic nitrogens is 3. The van der Waals surface area contributed by atoms with Crippen LogP contribution in [0.15, 0.2) is 41.9 Å². The molecule has 0 saturated carbocycles. The Hall–Kier alpha value is -1.84. The van der Waals surface area contributed by atoms with E-state index in [-0.39, 0.29) is 24.0 Å². The minimum absolute atomic E-state index is 0. The average Bonchev–Trinajstić information content (AvgIpc) is 2.93. The summed E-state index contributed by atoms with van der Waals surface area (Å²) in [7, 11) is 5.67. The lowest BCUT2D eigenvalue weighted by molar-refractivity contribution is 0.318. The molecule has 0 aliphatic rings. The number of rotatable bonds is 6. The van der Waals surface area contributed by atoms with Crippen LogP contribution >= 0.6 is 24.0 Å². The third-order valence-electron chi connectivity index (χ3n) is 3.04. The van der Waals surface area contributed by atoms with Crippen LogP contribution in [0.5, 0.6) is 5.75 Å². The zero-order valence-corrected chi connectivity index (χ0v) is 16.0. The van der Waals surface area contributed by atoms with E-state index in [9.17, 15) is 0 Å². The van der Waals surface area contributed by atoms with Gasteiger partial charge in [0, 0.05) is 45.6 Å². The monoisotopic (exact) mass is 430 g/mol. The number of hydrogen-bond acceptors (Lipinski definition) is 4. The van der Waals surface area contributed by atoms with E-state index in [2.05, 4.69) is 20.4 Å². The van der Waals surface area contributed by atoms with E-state index >= 15 is 0 Å². The van der Waals surface area contributed by atoms with Crippen molar-refractivity contribution in [2.45, 2.75) is 6.54 Å². The number of aliphatic imine (C=N–C) groups is 1. The van der Waals surface area contributed by atoms with Gasteiger partial charge >= 0.3 is 0 Å². The molecule has 0 unspecified atom stereocenters. The Kier molecular flexibility index (Phi) is 8.38. The van der Waals surface area contributed by atoms with Crippen molar-refractivity contribution in [3.8, 4) is 5.75 Å². The van der Waals surface area contributed by atoms with Crippen LogP contribution in [0.3, 0.4) is 0 Å². The number of hydrogen-bond donors (Lipinski definition) is 1. The molecule has 0 bridgehead atoms. The van der Waals surface area contributed by atoms with Gasteiger partial charge in [-0.1, -0.05) is 0 Å². The van der Waals surface area contributed by atoms with E-state index in [1.165, 1.54) is 0 Å². The first-order chi connectivity index (χ1) is 10.7. The highest BCUT2D eigenvalue weighted by atomic mass is 127. The number of ether oxygens (including phenoxy) is 1. The van der Waals surface area contributed by atoms with Gasteiger partial charge in [0.25, 0.3) is 0 Å². The van der Waals surface area contributed by atoms with E-state index < -0.39 is 0 Å². The van der Waals surface area contributed by atoms with Gasteiger partial charge in [0.15, 0.2) is 5.96 Å². The van der Waals surface area contributed by atoms with Gasteiger partial charge in [-0.15, -0.1) is 24.0 Å². The molecule has 0 aromatic carbocycles. The molecule has 7 nitrogen and oxygen atoms in total. The molecule has 2 aromatic heterocycles. The van der Waals surface area contributed by atoms with Gasteiger partial charge in [-0.2, -0.15) is 5.10 Å². The summed E-state index contributed by atoms with van der Waals surface area (Å²) in [4.78, 5) is 10.3. The van der Waals surface area contributed by atoms with Crippen molar-refractivity contribution in [1.82, 2.24) is 25.0 Å². The van der Waals surface area contributed by atoms with Crippen LogP contribution in [0, 0.1) is 0 Å². The number of guanidine groups is 1. The molecule has 2 aromatic rings. The molecule has 0 radical (unpaired) electrons. The SMILES string of the molecule is CN=C(NCCOc1cccnc1)N(C)Cc1cnn(C)c1.I. The molecule has 0 spiro atoms. The Bertz CT molecular complexity index is 601. The van der Waals surface area contributed by atoms with Crippen LogP contribution in [0.1, 0.15) is 5.56 Å². The smallest absolute Gasteiger partial charge is 0.193 e. The van der Waals surface area contributed by atoms with Crippen LogP contribution in [0.4, 0.5) is 0 Å². The predicted octanol–water partition coefficient (Wildman–Crippen LogP) is 1.52. The Morgan fingerprint density at radius 1 is 1.43 bits per heavy atom. The Labute approximate surface area is 153 Å². The normalized spacial score (nSPS) is 10.8. The first-order valence-electron chi connectivity index (χ1n) is 7.11. The molecular formula is C15H23IN6O. The third kappa shape index (κ3) is 6.43. The maximum atomic E-state index is 5.59. The number of aryl methyl sites for hydroxylation is 1. The maximum absolute atomic E-state index is 5.59. The van der Waals surface area contributed by atoms with Crippen molar-refractivity contribution >= 4 is 29.9 Å². The van der Waals surface area contributed by atoms with Crippen molar-refractivity contribution in [3.05, 3.63) is 42.5 Å². The highest BCUT2D eigenvalue weighted by molar-refractivity contribution is 14.0. The highest BCUT2D eigenvalue weighted by Crippen LogP contribution is 2.05. The summed E-state index contributed by atoms with van der Waals surface area (Å²) in [6.45, 7) is 1.96. The highest BCUT2D eigenvalue weighted by Gasteiger charge is 2.07. The van der Waals surface area contributed by atoms with Crippen LogP contribution in [-0.2, 0) is 13.6 Å². The van der Waals surface area contributed by atoms with Crippen molar-refractivity contribution < 1.29 is 4.74 Å². The summed E-state index contributed by atoms with van der Waals surface area (Å²) in [5.41, 5.74) is 1.14. The summed E-state index contributed by atoms with van der Waals surface area (Å²) in [5, 5.41) is 7.44. The van der Waals surface area contributed by atoms with E-state index in [0.29, 0.717) is 13.2 Å². The molecule has 126 valence electrons. The first-order valence-corrected chi connectivity index (χ1v) is 7.11. The zero-order chi connectivity index (χ0) is 15.8. The number of halogens is 1. The maximum Gasteiger partial charge on any atom is 0.193 e. The van der Waals surface area contributed by atoms with Gasteiger partial charge in [-0.05, 0) is 12.1 Å². The fourth-order valence-electron chi connectivity index (χ4n) is 2.05. The zero-order valence-electron chi connectivity index (χ0n) is 13.6. The first kappa shape index (κ1) is 19.2. The number of nitrogens with one attached hydrogen (secondary N) is 1. The second-order valence-electron chi connectivity index (χ2n) is 4.89. The molecule has 0 aliphatic heterocycles.